The molecule has 1 fully saturated rings. The van der Waals surface area contributed by atoms with Crippen molar-refractivity contribution in [3.63, 3.8) is 0 Å². The van der Waals surface area contributed by atoms with Gasteiger partial charge < -0.3 is 4.57 Å². The molecule has 1 aromatic carbocycles. The van der Waals surface area contributed by atoms with Crippen molar-refractivity contribution in [2.24, 2.45) is 12.0 Å². The molecule has 1 unspecified atom stereocenters. The van der Waals surface area contributed by atoms with Crippen LogP contribution in [-0.2, 0) is 21.9 Å². The number of fused-ring (bicyclic) bond motifs is 1. The van der Waals surface area contributed by atoms with Crippen LogP contribution in [0.2, 0.25) is 5.02 Å². The van der Waals surface area contributed by atoms with Gasteiger partial charge in [0.2, 0.25) is 0 Å². The van der Waals surface area contributed by atoms with E-state index in [0.717, 1.165) is 40.0 Å². The van der Waals surface area contributed by atoms with Crippen molar-refractivity contribution in [2.75, 3.05) is 6.54 Å². The van der Waals surface area contributed by atoms with Crippen LogP contribution in [0.15, 0.2) is 38.8 Å². The number of carbonyl (C=O) groups excluding carboxylic acids is 1. The van der Waals surface area contributed by atoms with E-state index in [1.807, 2.05) is 30.7 Å². The molecule has 1 atom stereocenters. The third kappa shape index (κ3) is 3.70. The molecule has 0 radical (unpaired) electrons. The lowest BCUT2D eigenvalue weighted by atomic mass is 10.0. The van der Waals surface area contributed by atoms with Crippen LogP contribution in [0.1, 0.15) is 24.8 Å². The zero-order valence-corrected chi connectivity index (χ0v) is 19.2. The van der Waals surface area contributed by atoms with Gasteiger partial charge in [0.25, 0.3) is 15.9 Å². The Bertz CT molecular complexity index is 1240. The summed E-state index contributed by atoms with van der Waals surface area (Å²) >= 11 is 8.83. The molecule has 0 saturated carbocycles. The van der Waals surface area contributed by atoms with Crippen LogP contribution < -0.4 is 4.80 Å². The van der Waals surface area contributed by atoms with Crippen LogP contribution in [-0.4, -0.2) is 35.8 Å². The number of benzene rings is 1. The fourth-order valence-corrected chi connectivity index (χ4v) is 7.79. The van der Waals surface area contributed by atoms with Gasteiger partial charge in [0, 0.05) is 13.6 Å². The van der Waals surface area contributed by atoms with Crippen LogP contribution in [0, 0.1) is 6.92 Å². The molecule has 1 amide bonds. The maximum absolute atomic E-state index is 13.1. The van der Waals surface area contributed by atoms with Crippen LogP contribution >= 0.6 is 34.3 Å². The van der Waals surface area contributed by atoms with Crippen LogP contribution in [0.3, 0.4) is 0 Å². The first-order valence-electron chi connectivity index (χ1n) is 9.19. The fourth-order valence-electron chi connectivity index (χ4n) is 3.65. The molecule has 0 spiro atoms. The molecule has 4 rings (SSSR count). The summed E-state index contributed by atoms with van der Waals surface area (Å²) in [5, 5.41) is 2.33. The van der Waals surface area contributed by atoms with E-state index in [9.17, 15) is 13.2 Å². The van der Waals surface area contributed by atoms with Gasteiger partial charge in [-0.15, -0.1) is 11.3 Å². The summed E-state index contributed by atoms with van der Waals surface area (Å²) in [6, 6.07) is 6.26. The number of aromatic nitrogens is 1. The number of carbonyl (C=O) groups is 1. The third-order valence-electron chi connectivity index (χ3n) is 5.10. The second kappa shape index (κ2) is 7.96. The van der Waals surface area contributed by atoms with Gasteiger partial charge in [-0.25, -0.2) is 8.42 Å². The molecule has 10 heteroatoms. The van der Waals surface area contributed by atoms with E-state index in [-0.39, 0.29) is 4.21 Å². The standard InChI is InChI=1S/C19H20ClN3O3S3/c1-12-8-9-13(20)17-16(12)22(2)19(28-17)21-18(24)14-6-3-4-10-23(14)29(25,26)15-7-5-11-27-15/h5,7-9,11,14H,3-4,6,10H2,1-2H3. The largest absolute Gasteiger partial charge is 0.319 e. The van der Waals surface area contributed by atoms with Gasteiger partial charge in [0.1, 0.15) is 10.3 Å². The zero-order valence-electron chi connectivity index (χ0n) is 16.0. The van der Waals surface area contributed by atoms with E-state index in [1.165, 1.54) is 15.6 Å². The first-order valence-corrected chi connectivity index (χ1v) is 12.7. The topological polar surface area (TPSA) is 71.7 Å². The number of rotatable bonds is 3. The molecule has 0 N–H and O–H groups in total. The van der Waals surface area contributed by atoms with Gasteiger partial charge in [0.15, 0.2) is 4.80 Å². The molecule has 154 valence electrons. The Hall–Kier alpha value is -1.52. The number of thiazole rings is 1. The molecule has 29 heavy (non-hydrogen) atoms. The molecule has 3 heterocycles. The first kappa shape index (κ1) is 20.7. The number of hydrogen-bond donors (Lipinski definition) is 0. The van der Waals surface area contributed by atoms with E-state index in [4.69, 9.17) is 11.6 Å². The molecular formula is C19H20ClN3O3S3. The Morgan fingerprint density at radius 1 is 1.28 bits per heavy atom. The van der Waals surface area contributed by atoms with E-state index >= 15 is 0 Å². The van der Waals surface area contributed by atoms with E-state index in [2.05, 4.69) is 4.99 Å². The Morgan fingerprint density at radius 2 is 2.07 bits per heavy atom. The summed E-state index contributed by atoms with van der Waals surface area (Å²) in [6.45, 7) is 2.31. The zero-order chi connectivity index (χ0) is 20.8. The van der Waals surface area contributed by atoms with Crippen LogP contribution in [0.25, 0.3) is 10.2 Å². The molecule has 3 aromatic rings. The molecule has 1 aliphatic rings. The van der Waals surface area contributed by atoms with Crippen LogP contribution in [0.5, 0.6) is 0 Å². The average molecular weight is 470 g/mol. The number of piperidine rings is 1. The van der Waals surface area contributed by atoms with Crippen molar-refractivity contribution in [1.82, 2.24) is 8.87 Å². The van der Waals surface area contributed by atoms with Crippen molar-refractivity contribution in [3.8, 4) is 0 Å². The number of hydrogen-bond acceptors (Lipinski definition) is 5. The molecule has 0 aliphatic carbocycles. The van der Waals surface area contributed by atoms with Crippen molar-refractivity contribution in [1.29, 1.82) is 0 Å². The first-order chi connectivity index (χ1) is 13.8. The lowest BCUT2D eigenvalue weighted by Crippen LogP contribution is -2.47. The predicted molar refractivity (Wildman–Crippen MR) is 117 cm³/mol. The smallest absolute Gasteiger partial charge is 0.266 e. The summed E-state index contributed by atoms with van der Waals surface area (Å²) in [5.74, 6) is -0.430. The summed E-state index contributed by atoms with van der Waals surface area (Å²) in [5.41, 5.74) is 1.97. The molecule has 2 aromatic heterocycles. The summed E-state index contributed by atoms with van der Waals surface area (Å²) < 4.78 is 30.4. The van der Waals surface area contributed by atoms with Gasteiger partial charge in [-0.3, -0.25) is 4.79 Å². The lowest BCUT2D eigenvalue weighted by Gasteiger charge is -2.31. The fraction of sp³-hybridized carbons (Fsp3) is 0.368. The molecule has 0 bridgehead atoms. The summed E-state index contributed by atoms with van der Waals surface area (Å²) in [6.07, 6.45) is 2.01. The third-order valence-corrected chi connectivity index (χ3v) is 9.98. The van der Waals surface area contributed by atoms with E-state index in [0.29, 0.717) is 22.8 Å². The lowest BCUT2D eigenvalue weighted by molar-refractivity contribution is -0.122. The highest BCUT2D eigenvalue weighted by Crippen LogP contribution is 2.30. The molecular weight excluding hydrogens is 450 g/mol. The molecule has 6 nitrogen and oxygen atoms in total. The van der Waals surface area contributed by atoms with Gasteiger partial charge in [0.05, 0.1) is 15.2 Å². The van der Waals surface area contributed by atoms with Crippen LogP contribution in [0.4, 0.5) is 0 Å². The second-order valence-corrected chi connectivity index (χ2v) is 11.4. The highest BCUT2D eigenvalue weighted by Gasteiger charge is 2.38. The minimum absolute atomic E-state index is 0.257. The average Bonchev–Trinajstić information content (AvgIpc) is 3.35. The van der Waals surface area contributed by atoms with Crippen molar-refractivity contribution < 1.29 is 13.2 Å². The van der Waals surface area contributed by atoms with Crippen molar-refractivity contribution >= 4 is 60.4 Å². The number of nitrogens with zero attached hydrogens (tertiary/aromatic N) is 3. The number of thiophene rings is 1. The Labute approximate surface area is 182 Å². The Balaban J connectivity index is 1.75. The molecule has 1 aliphatic heterocycles. The van der Waals surface area contributed by atoms with Crippen molar-refractivity contribution in [2.45, 2.75) is 36.4 Å². The number of aryl methyl sites for hydroxylation is 2. The van der Waals surface area contributed by atoms with Gasteiger partial charge in [-0.05, 0) is 42.8 Å². The number of sulfonamides is 1. The minimum atomic E-state index is -3.71. The van der Waals surface area contributed by atoms with E-state index in [1.54, 1.807) is 17.5 Å². The quantitative estimate of drug-likeness (QED) is 0.583. The maximum Gasteiger partial charge on any atom is 0.266 e. The normalized spacial score (nSPS) is 19.1. The highest BCUT2D eigenvalue weighted by molar-refractivity contribution is 7.91. The SMILES string of the molecule is Cc1ccc(Cl)c2sc(=NC(=O)C3CCCCN3S(=O)(=O)c3cccs3)n(C)c12. The Morgan fingerprint density at radius 3 is 2.76 bits per heavy atom. The van der Waals surface area contributed by atoms with Gasteiger partial charge in [-0.1, -0.05) is 41.5 Å². The van der Waals surface area contributed by atoms with Crippen molar-refractivity contribution in [3.05, 3.63) is 45.0 Å². The summed E-state index contributed by atoms with van der Waals surface area (Å²) in [7, 11) is -1.86. The second-order valence-electron chi connectivity index (χ2n) is 7.00. The molecule has 1 saturated heterocycles. The highest BCUT2D eigenvalue weighted by atomic mass is 35.5. The monoisotopic (exact) mass is 469 g/mol. The number of halogens is 1. The van der Waals surface area contributed by atoms with Gasteiger partial charge in [-0.2, -0.15) is 9.30 Å². The Kier molecular flexibility index (Phi) is 5.69. The number of amides is 1. The minimum Gasteiger partial charge on any atom is -0.319 e. The van der Waals surface area contributed by atoms with Gasteiger partial charge >= 0.3 is 0 Å². The van der Waals surface area contributed by atoms with E-state index < -0.39 is 22.0 Å². The maximum atomic E-state index is 13.1. The predicted octanol–water partition coefficient (Wildman–Crippen LogP) is 3.93. The summed E-state index contributed by atoms with van der Waals surface area (Å²) in [4.78, 5) is 17.9.